The molecule has 3 heteroatoms. The molecule has 2 atom stereocenters. The molecular formula is C18H34O2S. The topological polar surface area (TPSA) is 26.3 Å². The lowest BCUT2D eigenvalue weighted by molar-refractivity contribution is -0.140. The number of carbonyl (C=O) groups is 1. The van der Waals surface area contributed by atoms with Crippen molar-refractivity contribution in [2.24, 2.45) is 0 Å². The van der Waals surface area contributed by atoms with Crippen molar-refractivity contribution in [3.05, 3.63) is 0 Å². The van der Waals surface area contributed by atoms with Crippen LogP contribution in [0.5, 0.6) is 0 Å². The van der Waals surface area contributed by atoms with Crippen LogP contribution in [0, 0.1) is 0 Å². The van der Waals surface area contributed by atoms with E-state index >= 15 is 0 Å². The third-order valence-electron chi connectivity index (χ3n) is 4.39. The van der Waals surface area contributed by atoms with Gasteiger partial charge in [-0.1, -0.05) is 71.1 Å². The number of esters is 1. The van der Waals surface area contributed by atoms with Gasteiger partial charge in [-0.25, -0.2) is 0 Å². The lowest BCUT2D eigenvalue weighted by atomic mass is 10.0. The zero-order valence-electron chi connectivity index (χ0n) is 14.1. The molecule has 1 aliphatic rings. The van der Waals surface area contributed by atoms with Gasteiger partial charge in [0.15, 0.2) is 0 Å². The van der Waals surface area contributed by atoms with Gasteiger partial charge in [0.25, 0.3) is 0 Å². The quantitative estimate of drug-likeness (QED) is 0.232. The maximum Gasteiger partial charge on any atom is 0.305 e. The third kappa shape index (κ3) is 10.2. The molecule has 2 nitrogen and oxygen atoms in total. The van der Waals surface area contributed by atoms with E-state index in [1.165, 1.54) is 77.7 Å². The predicted octanol–water partition coefficient (Wildman–Crippen LogP) is 5.73. The second-order valence-corrected chi connectivity index (χ2v) is 7.78. The number of carbonyl (C=O) groups excluding carboxylic acids is 1. The van der Waals surface area contributed by atoms with E-state index in [0.29, 0.717) is 6.42 Å². The van der Waals surface area contributed by atoms with Crippen LogP contribution < -0.4 is 0 Å². The first-order valence-corrected chi connectivity index (χ1v) is 9.94. The lowest BCUT2D eigenvalue weighted by Crippen LogP contribution is -2.03. The Hall–Kier alpha value is -0.180. The standard InChI is InChI=1S/C18H34O2S/c1-3-4-5-6-7-8-9-10-11-12-13-16-17(21-16)14-15-18(19)20-2/h16-17H,3-15H2,1-2H3. The van der Waals surface area contributed by atoms with Crippen LogP contribution in [-0.4, -0.2) is 23.6 Å². The number of ether oxygens (including phenoxy) is 1. The van der Waals surface area contributed by atoms with Gasteiger partial charge >= 0.3 is 5.97 Å². The zero-order chi connectivity index (χ0) is 15.3. The van der Waals surface area contributed by atoms with E-state index in [1.807, 2.05) is 0 Å². The molecule has 2 unspecified atom stereocenters. The Kier molecular flexibility index (Phi) is 11.1. The van der Waals surface area contributed by atoms with Gasteiger partial charge in [0.1, 0.15) is 0 Å². The average molecular weight is 315 g/mol. The summed E-state index contributed by atoms with van der Waals surface area (Å²) in [5.41, 5.74) is 0. The smallest absolute Gasteiger partial charge is 0.305 e. The average Bonchev–Trinajstić information content (AvgIpc) is 3.25. The molecule has 0 saturated carbocycles. The molecule has 21 heavy (non-hydrogen) atoms. The molecule has 0 radical (unpaired) electrons. The first-order valence-electron chi connectivity index (χ1n) is 9.00. The normalized spacial score (nSPS) is 20.5. The zero-order valence-corrected chi connectivity index (χ0v) is 14.9. The molecule has 0 aliphatic carbocycles. The van der Waals surface area contributed by atoms with Crippen LogP contribution in [0.1, 0.15) is 90.4 Å². The van der Waals surface area contributed by atoms with Crippen LogP contribution >= 0.6 is 11.8 Å². The van der Waals surface area contributed by atoms with E-state index in [1.54, 1.807) is 0 Å². The van der Waals surface area contributed by atoms with Crippen molar-refractivity contribution in [3.8, 4) is 0 Å². The van der Waals surface area contributed by atoms with E-state index in [0.717, 1.165) is 16.9 Å². The molecule has 0 aromatic rings. The van der Waals surface area contributed by atoms with Gasteiger partial charge in [0, 0.05) is 16.9 Å². The minimum atomic E-state index is -0.0554. The van der Waals surface area contributed by atoms with E-state index in [9.17, 15) is 4.79 Å². The Balaban J connectivity index is 1.77. The van der Waals surface area contributed by atoms with Gasteiger partial charge in [-0.3, -0.25) is 4.79 Å². The predicted molar refractivity (Wildman–Crippen MR) is 92.9 cm³/mol. The number of methoxy groups -OCH3 is 1. The summed E-state index contributed by atoms with van der Waals surface area (Å²) in [4.78, 5) is 11.1. The van der Waals surface area contributed by atoms with E-state index in [4.69, 9.17) is 0 Å². The van der Waals surface area contributed by atoms with Crippen LogP contribution in [0.15, 0.2) is 0 Å². The Bertz CT molecular complexity index is 268. The number of hydrogen-bond donors (Lipinski definition) is 0. The largest absolute Gasteiger partial charge is 0.469 e. The first kappa shape index (κ1) is 18.9. The highest BCUT2D eigenvalue weighted by atomic mass is 32.2. The molecule has 0 bridgehead atoms. The monoisotopic (exact) mass is 314 g/mol. The summed E-state index contributed by atoms with van der Waals surface area (Å²) in [6.07, 6.45) is 17.1. The fourth-order valence-electron chi connectivity index (χ4n) is 2.88. The number of unbranched alkanes of at least 4 members (excludes halogenated alkanes) is 9. The maximum absolute atomic E-state index is 11.1. The lowest BCUT2D eigenvalue weighted by Gasteiger charge is -2.02. The van der Waals surface area contributed by atoms with Crippen molar-refractivity contribution >= 4 is 17.7 Å². The Morgan fingerprint density at radius 3 is 1.95 bits per heavy atom. The molecule has 1 rings (SSSR count). The minimum absolute atomic E-state index is 0.0554. The highest BCUT2D eigenvalue weighted by molar-refractivity contribution is 8.07. The third-order valence-corrected chi connectivity index (χ3v) is 5.90. The Labute approximate surface area is 135 Å². The second kappa shape index (κ2) is 12.4. The fourth-order valence-corrected chi connectivity index (χ4v) is 4.07. The Morgan fingerprint density at radius 1 is 0.857 bits per heavy atom. The molecule has 0 spiro atoms. The molecule has 1 heterocycles. The summed E-state index contributed by atoms with van der Waals surface area (Å²) in [6, 6.07) is 0. The summed E-state index contributed by atoms with van der Waals surface area (Å²) in [5, 5.41) is 1.58. The molecular weight excluding hydrogens is 280 g/mol. The van der Waals surface area contributed by atoms with Gasteiger partial charge < -0.3 is 4.74 Å². The van der Waals surface area contributed by atoms with Crippen molar-refractivity contribution in [3.63, 3.8) is 0 Å². The molecule has 0 N–H and O–H groups in total. The van der Waals surface area contributed by atoms with Gasteiger partial charge in [-0.15, -0.1) is 0 Å². The first-order chi connectivity index (χ1) is 10.3. The molecule has 0 amide bonds. The van der Waals surface area contributed by atoms with Crippen molar-refractivity contribution in [2.75, 3.05) is 7.11 Å². The summed E-state index contributed by atoms with van der Waals surface area (Å²) in [7, 11) is 1.48. The number of rotatable bonds is 14. The highest BCUT2D eigenvalue weighted by Gasteiger charge is 2.37. The van der Waals surface area contributed by atoms with Gasteiger partial charge in [-0.05, 0) is 12.8 Å². The highest BCUT2D eigenvalue weighted by Crippen LogP contribution is 2.47. The number of hydrogen-bond acceptors (Lipinski definition) is 3. The van der Waals surface area contributed by atoms with Gasteiger partial charge in [0.2, 0.25) is 0 Å². The minimum Gasteiger partial charge on any atom is -0.469 e. The van der Waals surface area contributed by atoms with Crippen LogP contribution in [0.3, 0.4) is 0 Å². The van der Waals surface area contributed by atoms with Crippen molar-refractivity contribution in [1.82, 2.24) is 0 Å². The molecule has 1 fully saturated rings. The summed E-state index contributed by atoms with van der Waals surface area (Å²) >= 11 is 2.06. The molecule has 0 aromatic heterocycles. The maximum atomic E-state index is 11.1. The van der Waals surface area contributed by atoms with Crippen molar-refractivity contribution in [1.29, 1.82) is 0 Å². The van der Waals surface area contributed by atoms with E-state index in [2.05, 4.69) is 23.4 Å². The fraction of sp³-hybridized carbons (Fsp3) is 0.944. The molecule has 0 aromatic carbocycles. The van der Waals surface area contributed by atoms with Crippen LogP contribution in [-0.2, 0) is 9.53 Å². The van der Waals surface area contributed by atoms with E-state index in [-0.39, 0.29) is 5.97 Å². The second-order valence-electron chi connectivity index (χ2n) is 6.30. The van der Waals surface area contributed by atoms with Crippen molar-refractivity contribution < 1.29 is 9.53 Å². The molecule has 1 saturated heterocycles. The van der Waals surface area contributed by atoms with Gasteiger partial charge in [-0.2, -0.15) is 11.8 Å². The summed E-state index contributed by atoms with van der Waals surface area (Å²) < 4.78 is 4.68. The SMILES string of the molecule is CCCCCCCCCCCCC1SC1CCC(=O)OC. The van der Waals surface area contributed by atoms with Crippen LogP contribution in [0.4, 0.5) is 0 Å². The summed E-state index contributed by atoms with van der Waals surface area (Å²) in [6.45, 7) is 2.28. The summed E-state index contributed by atoms with van der Waals surface area (Å²) in [5.74, 6) is -0.0554. The van der Waals surface area contributed by atoms with Crippen LogP contribution in [0.25, 0.3) is 0 Å². The van der Waals surface area contributed by atoms with Crippen LogP contribution in [0.2, 0.25) is 0 Å². The van der Waals surface area contributed by atoms with Crippen molar-refractivity contribution in [2.45, 2.75) is 101 Å². The van der Waals surface area contributed by atoms with E-state index < -0.39 is 0 Å². The Morgan fingerprint density at radius 2 is 1.38 bits per heavy atom. The van der Waals surface area contributed by atoms with Gasteiger partial charge in [0.05, 0.1) is 7.11 Å². The number of thioether (sulfide) groups is 1. The molecule has 1 aliphatic heterocycles. The molecule has 124 valence electrons.